The molecule has 2 aliphatic carbocycles. The topological polar surface area (TPSA) is 351 Å². The van der Waals surface area contributed by atoms with Gasteiger partial charge >= 0.3 is 18.2 Å². The molecule has 3 unspecified atom stereocenters. The maximum absolute atomic E-state index is 14.9. The normalized spacial score (nSPS) is 25.1. The zero-order valence-electron chi connectivity index (χ0n) is 55.8. The number of aliphatic hydroxyl groups excluding tert-OH is 4. The number of carbonyl (C=O) groups excluding carboxylic acids is 7. The fourth-order valence-corrected chi connectivity index (χ4v) is 13.2. The molecule has 2 saturated heterocycles. The summed E-state index contributed by atoms with van der Waals surface area (Å²) in [6.45, 7) is 14.5. The van der Waals surface area contributed by atoms with E-state index in [0.717, 1.165) is 30.6 Å². The second-order valence-corrected chi connectivity index (χ2v) is 26.0. The summed E-state index contributed by atoms with van der Waals surface area (Å²) in [6.07, 6.45) is -4.01. The second kappa shape index (κ2) is 35.0. The van der Waals surface area contributed by atoms with E-state index >= 15 is 0 Å². The highest BCUT2D eigenvalue weighted by atomic mass is 16.7. The van der Waals surface area contributed by atoms with Gasteiger partial charge in [0.1, 0.15) is 42.8 Å². The fraction of sp³-hybridized carbons (Fsp3) is 0.672. The fourth-order valence-electron chi connectivity index (χ4n) is 13.2. The van der Waals surface area contributed by atoms with Gasteiger partial charge in [0.2, 0.25) is 35.8 Å². The van der Waals surface area contributed by atoms with Gasteiger partial charge in [0.25, 0.3) is 0 Å². The van der Waals surface area contributed by atoms with Crippen LogP contribution in [0.25, 0.3) is 0 Å². The molecule has 26 heteroatoms. The average molecular weight is 1310 g/mol. The first kappa shape index (κ1) is 75.1. The van der Waals surface area contributed by atoms with Crippen LogP contribution in [0, 0.1) is 41.4 Å². The van der Waals surface area contributed by atoms with Crippen LogP contribution in [-0.2, 0) is 59.1 Å². The number of ether oxygens (including phenoxy) is 6. The minimum Gasteiger partial charge on any atom is -0.479 e. The van der Waals surface area contributed by atoms with Crippen molar-refractivity contribution in [1.82, 2.24) is 30.7 Å². The first-order valence-electron chi connectivity index (χ1n) is 32.6. The number of carbonyl (C=O) groups is 8. The maximum Gasteiger partial charge on any atom is 0.410 e. The molecule has 518 valence electrons. The number of alkyl carbamates (subject to hydrolysis) is 1. The van der Waals surface area contributed by atoms with E-state index in [1.54, 1.807) is 65.6 Å². The predicted molar refractivity (Wildman–Crippen MR) is 341 cm³/mol. The Morgan fingerprint density at radius 3 is 2.05 bits per heavy atom. The van der Waals surface area contributed by atoms with Crippen LogP contribution in [0.2, 0.25) is 0 Å². The Labute approximate surface area is 545 Å². The Morgan fingerprint density at radius 1 is 0.785 bits per heavy atom. The van der Waals surface area contributed by atoms with E-state index in [1.807, 2.05) is 32.0 Å². The number of nitrogens with zero attached hydrogens (tertiary/aromatic N) is 3. The van der Waals surface area contributed by atoms with E-state index in [0.29, 0.717) is 49.1 Å². The van der Waals surface area contributed by atoms with Crippen molar-refractivity contribution >= 4 is 53.4 Å². The Hall–Kier alpha value is -6.94. The highest BCUT2D eigenvalue weighted by Crippen LogP contribution is 2.53. The number of likely N-dealkylation sites (N-methyl/N-ethyl adjacent to an activating group) is 2. The smallest absolute Gasteiger partial charge is 0.410 e. The third-order valence-corrected chi connectivity index (χ3v) is 18.9. The molecule has 7 amide bonds. The molecule has 2 aromatic carbocycles. The predicted octanol–water partition coefficient (Wildman–Crippen LogP) is 4.90. The summed E-state index contributed by atoms with van der Waals surface area (Å²) >= 11 is 0. The molecule has 26 nitrogen and oxygen atoms in total. The molecule has 0 spiro atoms. The number of rotatable bonds is 31. The van der Waals surface area contributed by atoms with Crippen molar-refractivity contribution in [2.24, 2.45) is 41.4 Å². The number of benzene rings is 2. The first-order valence-corrected chi connectivity index (χ1v) is 32.6. The first-order chi connectivity index (χ1) is 44.1. The summed E-state index contributed by atoms with van der Waals surface area (Å²) < 4.78 is 34.4. The van der Waals surface area contributed by atoms with E-state index < -0.39 is 139 Å². The number of likely N-dealkylation sites (tertiary alicyclic amines) is 1. The van der Waals surface area contributed by atoms with Crippen molar-refractivity contribution in [3.8, 4) is 5.75 Å². The maximum atomic E-state index is 14.9. The molecule has 2 aliphatic heterocycles. The number of amides is 7. The molecule has 0 bridgehead atoms. The summed E-state index contributed by atoms with van der Waals surface area (Å²) in [5.74, 6) is -4.79. The molecule has 2 aromatic rings. The van der Waals surface area contributed by atoms with Gasteiger partial charge < -0.3 is 85.0 Å². The number of hydrogen-bond donors (Lipinski definition) is 9. The molecule has 2 heterocycles. The molecule has 6 rings (SSSR count). The van der Waals surface area contributed by atoms with Gasteiger partial charge in [0.05, 0.1) is 61.1 Å². The van der Waals surface area contributed by atoms with Crippen molar-refractivity contribution in [1.29, 1.82) is 0 Å². The average Bonchev–Trinajstić information content (AvgIpc) is 1.72. The Balaban J connectivity index is 1.10. The number of fused-ring (bicyclic) bond motifs is 1. The number of hydrogen-bond acceptors (Lipinski definition) is 18. The largest absolute Gasteiger partial charge is 0.479 e. The second-order valence-electron chi connectivity index (χ2n) is 26.0. The number of aliphatic hydroxyl groups is 4. The Morgan fingerprint density at radius 2 is 1.45 bits per heavy atom. The minimum atomic E-state index is -2.01. The summed E-state index contributed by atoms with van der Waals surface area (Å²) in [4.78, 5) is 114. The lowest BCUT2D eigenvalue weighted by molar-refractivity contribution is -0.271. The van der Waals surface area contributed by atoms with Crippen LogP contribution in [0.5, 0.6) is 5.75 Å². The monoisotopic (exact) mass is 1310 g/mol. The highest BCUT2D eigenvalue weighted by Gasteiger charge is 2.51. The zero-order valence-corrected chi connectivity index (χ0v) is 55.8. The van der Waals surface area contributed by atoms with Gasteiger partial charge in [-0.1, -0.05) is 103 Å². The number of aliphatic carboxylic acids is 1. The van der Waals surface area contributed by atoms with Crippen LogP contribution in [0.1, 0.15) is 130 Å². The van der Waals surface area contributed by atoms with E-state index in [9.17, 15) is 63.9 Å². The van der Waals surface area contributed by atoms with Crippen LogP contribution in [-0.4, -0.2) is 209 Å². The lowest BCUT2D eigenvalue weighted by Crippen LogP contribution is -2.61. The van der Waals surface area contributed by atoms with Gasteiger partial charge in [-0.05, 0) is 104 Å². The minimum absolute atomic E-state index is 0.0881. The number of nitrogens with one attached hydrogen (secondary N) is 4. The van der Waals surface area contributed by atoms with E-state index in [1.165, 1.54) is 44.4 Å². The Bertz CT molecular complexity index is 2850. The molecular weight excluding hydrogens is 1210 g/mol. The molecule has 93 heavy (non-hydrogen) atoms. The molecular formula is C67H101N7O19. The van der Waals surface area contributed by atoms with Crippen LogP contribution in [0.4, 0.5) is 15.3 Å². The lowest BCUT2D eigenvalue weighted by Gasteiger charge is -2.41. The molecule has 0 aromatic heterocycles. The number of carboxylic acid groups (broad SMARTS) is 1. The van der Waals surface area contributed by atoms with Gasteiger partial charge in [0, 0.05) is 47.8 Å². The standard InChI is InChI=1S/C67H101N7O19/c1-13-38(6)54(49(88-11)33-51(76)74-31-21-26-47(74)59(89-12)39(7)61(81)69-40(8)55(77)42-22-17-16-18-23-42)72(9)63(83)52(36(2)3)71-62(82)53(37(4)5)73(10)67(87)91-34-41-27-28-48(92-65-58(80)56(78)57(79)60(93-65)64(84)85)46(32-41)70-50(75)29-30-68-66(86)90-35-45-43-24-19-14-15-20-25-44(43)45/h14-18,22-23,27-28,32,36-40,43-45,47,49,52-60,65,77-80H,13,19-21,24-26,29-31,33-35H2,1-12H3,(H,68,86)(H,69,81)(H,70,75)(H,71,82)(H,84,85)/b15-14-/t38-,39+,40+,43-,44+,45?,47-,49+,52-,53-,54-,55+,56-,57-,58?,59+,60?,65+/m0/s1. The van der Waals surface area contributed by atoms with Crippen LogP contribution >= 0.6 is 0 Å². The van der Waals surface area contributed by atoms with Crippen molar-refractivity contribution in [3.05, 3.63) is 71.8 Å². The summed E-state index contributed by atoms with van der Waals surface area (Å²) in [6, 6.07) is 9.07. The molecule has 0 radical (unpaired) electrons. The molecule has 3 fully saturated rings. The number of carboxylic acids is 1. The summed E-state index contributed by atoms with van der Waals surface area (Å²) in [7, 11) is 5.96. The molecule has 9 N–H and O–H groups in total. The zero-order chi connectivity index (χ0) is 68.5. The van der Waals surface area contributed by atoms with E-state index in [2.05, 4.69) is 33.4 Å². The third kappa shape index (κ3) is 19.6. The highest BCUT2D eigenvalue weighted by molar-refractivity contribution is 5.93. The molecule has 18 atom stereocenters. The SMILES string of the molecule is CC[C@H](C)[C@@H]([C@@H](CC(=O)N1CCC[C@H]1[C@H](OC)[C@@H](C)C(=O)N[C@H](C)[C@@H](O)c1ccccc1)OC)N(C)C(=O)[C@@H](NC(=O)[C@H](C(C)C)N(C)C(=O)OCc1ccc(O[C@@H]2OC(C(=O)O)[C@@H](O)[C@H](O)C2O)c(NC(=O)CCNC(=O)OCC2[C@H]3CC/C=C\CC[C@@H]23)c1)C(C)C. The van der Waals surface area contributed by atoms with Crippen molar-refractivity contribution in [3.63, 3.8) is 0 Å². The molecule has 1 saturated carbocycles. The van der Waals surface area contributed by atoms with E-state index in [4.69, 9.17) is 28.4 Å². The quantitative estimate of drug-likeness (QED) is 0.0453. The van der Waals surface area contributed by atoms with Crippen molar-refractivity contribution in [2.45, 2.75) is 199 Å². The van der Waals surface area contributed by atoms with Gasteiger partial charge in [-0.15, -0.1) is 0 Å². The van der Waals surface area contributed by atoms with Crippen LogP contribution < -0.4 is 26.0 Å². The van der Waals surface area contributed by atoms with Gasteiger partial charge in [0.15, 0.2) is 6.10 Å². The van der Waals surface area contributed by atoms with Gasteiger partial charge in [-0.25, -0.2) is 14.4 Å². The third-order valence-electron chi connectivity index (χ3n) is 18.9. The van der Waals surface area contributed by atoms with Crippen molar-refractivity contribution in [2.75, 3.05) is 53.3 Å². The number of anilines is 1. The number of methoxy groups -OCH3 is 2. The van der Waals surface area contributed by atoms with Crippen molar-refractivity contribution < 1.29 is 92.3 Å². The van der Waals surface area contributed by atoms with Crippen LogP contribution in [0.3, 0.4) is 0 Å². The summed E-state index contributed by atoms with van der Waals surface area (Å²) in [5, 5.41) is 63.3. The van der Waals surface area contributed by atoms with Gasteiger partial charge in [-0.2, -0.15) is 0 Å². The van der Waals surface area contributed by atoms with Crippen LogP contribution in [0.15, 0.2) is 60.7 Å². The molecule has 4 aliphatic rings. The summed E-state index contributed by atoms with van der Waals surface area (Å²) in [5.41, 5.74) is 0.834. The number of allylic oxidation sites excluding steroid dienone is 2. The Kier molecular flexibility index (Phi) is 28.3. The lowest BCUT2D eigenvalue weighted by atomic mass is 9.89. The van der Waals surface area contributed by atoms with Gasteiger partial charge in [-0.3, -0.25) is 28.9 Å². The van der Waals surface area contributed by atoms with E-state index in [-0.39, 0.29) is 60.7 Å².